The molecule has 0 fully saturated rings. The van der Waals surface area contributed by atoms with E-state index in [4.69, 9.17) is 18.7 Å². The number of hydrogen-bond acceptors (Lipinski definition) is 7. The van der Waals surface area contributed by atoms with E-state index in [0.29, 0.717) is 35.6 Å². The van der Waals surface area contributed by atoms with Crippen LogP contribution in [0.5, 0.6) is 17.2 Å². The number of nitrogens with zero attached hydrogens (tertiary/aromatic N) is 2. The molecule has 0 saturated heterocycles. The Morgan fingerprint density at radius 3 is 1.86 bits per heavy atom. The third-order valence-electron chi connectivity index (χ3n) is 7.29. The van der Waals surface area contributed by atoms with Crippen LogP contribution in [0, 0.1) is 5.92 Å². The van der Waals surface area contributed by atoms with Gasteiger partial charge in [0, 0.05) is 11.1 Å². The SMILES string of the molecule is CCCCCCCCCCCCOc1ccc(-c2nc(-c3ccc(OC(=O)c4ccc(OCC(C)C)cc4)cc3)no2)cc1. The van der Waals surface area contributed by atoms with Crippen LogP contribution in [-0.2, 0) is 0 Å². The van der Waals surface area contributed by atoms with Gasteiger partial charge < -0.3 is 18.7 Å². The maximum absolute atomic E-state index is 12.6. The van der Waals surface area contributed by atoms with Crippen LogP contribution < -0.4 is 14.2 Å². The summed E-state index contributed by atoms with van der Waals surface area (Å²) in [7, 11) is 0. The molecule has 1 heterocycles. The second kappa shape index (κ2) is 17.9. The molecule has 0 atom stereocenters. The summed E-state index contributed by atoms with van der Waals surface area (Å²) in [6, 6.07) is 21.7. The van der Waals surface area contributed by atoms with Gasteiger partial charge in [0.1, 0.15) is 17.2 Å². The molecule has 4 aromatic rings. The van der Waals surface area contributed by atoms with Crippen LogP contribution in [0.25, 0.3) is 22.8 Å². The van der Waals surface area contributed by atoms with E-state index in [-0.39, 0.29) is 0 Å². The fourth-order valence-corrected chi connectivity index (χ4v) is 4.72. The smallest absolute Gasteiger partial charge is 0.343 e. The highest BCUT2D eigenvalue weighted by molar-refractivity contribution is 5.91. The molecule has 0 aliphatic carbocycles. The van der Waals surface area contributed by atoms with Crippen LogP contribution >= 0.6 is 0 Å². The van der Waals surface area contributed by atoms with Gasteiger partial charge in [-0.15, -0.1) is 0 Å². The molecule has 3 aromatic carbocycles. The van der Waals surface area contributed by atoms with Crippen LogP contribution in [-0.4, -0.2) is 29.3 Å². The van der Waals surface area contributed by atoms with E-state index in [2.05, 4.69) is 30.9 Å². The molecule has 7 nitrogen and oxygen atoms in total. The van der Waals surface area contributed by atoms with Crippen molar-refractivity contribution in [3.05, 3.63) is 78.4 Å². The molecule has 7 heteroatoms. The lowest BCUT2D eigenvalue weighted by atomic mass is 10.1. The summed E-state index contributed by atoms with van der Waals surface area (Å²) in [6.45, 7) is 7.79. The summed E-state index contributed by atoms with van der Waals surface area (Å²) in [5.41, 5.74) is 2.02. The average Bonchev–Trinajstić information content (AvgIpc) is 3.54. The lowest BCUT2D eigenvalue weighted by molar-refractivity contribution is 0.0734. The fourth-order valence-electron chi connectivity index (χ4n) is 4.72. The van der Waals surface area contributed by atoms with E-state index in [9.17, 15) is 4.79 Å². The third-order valence-corrected chi connectivity index (χ3v) is 7.29. The van der Waals surface area contributed by atoms with Crippen molar-refractivity contribution < 1.29 is 23.5 Å². The first kappa shape index (κ1) is 32.8. The second-order valence-corrected chi connectivity index (χ2v) is 11.6. The number of ether oxygens (including phenoxy) is 3. The van der Waals surface area contributed by atoms with Crippen LogP contribution in [0.1, 0.15) is 95.3 Å². The summed E-state index contributed by atoms with van der Waals surface area (Å²) in [5.74, 6) is 2.86. The maximum Gasteiger partial charge on any atom is 0.343 e. The lowest BCUT2D eigenvalue weighted by Gasteiger charge is -2.09. The van der Waals surface area contributed by atoms with Crippen LogP contribution in [0.4, 0.5) is 0 Å². The van der Waals surface area contributed by atoms with Gasteiger partial charge in [-0.3, -0.25) is 0 Å². The molecule has 1 aromatic heterocycles. The van der Waals surface area contributed by atoms with E-state index in [1.165, 1.54) is 57.8 Å². The first-order chi connectivity index (χ1) is 21.5. The largest absolute Gasteiger partial charge is 0.494 e. The van der Waals surface area contributed by atoms with E-state index in [1.807, 2.05) is 24.3 Å². The van der Waals surface area contributed by atoms with Crippen molar-refractivity contribution in [1.82, 2.24) is 10.1 Å². The topological polar surface area (TPSA) is 83.7 Å². The van der Waals surface area contributed by atoms with E-state index in [0.717, 1.165) is 35.7 Å². The Hall–Kier alpha value is -4.13. The van der Waals surface area contributed by atoms with Crippen LogP contribution in [0.2, 0.25) is 0 Å². The summed E-state index contributed by atoms with van der Waals surface area (Å²) < 4.78 is 22.6. The van der Waals surface area contributed by atoms with Gasteiger partial charge in [-0.1, -0.05) is 83.7 Å². The molecule has 0 spiro atoms. The average molecular weight is 599 g/mol. The van der Waals surface area contributed by atoms with E-state index >= 15 is 0 Å². The Bertz CT molecular complexity index is 1380. The van der Waals surface area contributed by atoms with Crippen molar-refractivity contribution in [2.24, 2.45) is 5.92 Å². The van der Waals surface area contributed by atoms with E-state index < -0.39 is 5.97 Å². The zero-order chi connectivity index (χ0) is 31.0. The number of benzene rings is 3. The number of carbonyl (C=O) groups excluding carboxylic acids is 1. The first-order valence-corrected chi connectivity index (χ1v) is 16.1. The van der Waals surface area contributed by atoms with Crippen molar-refractivity contribution in [2.45, 2.75) is 85.0 Å². The van der Waals surface area contributed by atoms with Gasteiger partial charge in [-0.05, 0) is 85.1 Å². The number of hydrogen-bond donors (Lipinski definition) is 0. The minimum Gasteiger partial charge on any atom is -0.494 e. The predicted octanol–water partition coefficient (Wildman–Crippen LogP) is 9.96. The molecule has 0 bridgehead atoms. The van der Waals surface area contributed by atoms with Gasteiger partial charge in [-0.25, -0.2) is 4.79 Å². The zero-order valence-electron chi connectivity index (χ0n) is 26.4. The highest BCUT2D eigenvalue weighted by atomic mass is 16.5. The van der Waals surface area contributed by atoms with Crippen molar-refractivity contribution in [1.29, 1.82) is 0 Å². The molecule has 0 amide bonds. The van der Waals surface area contributed by atoms with Gasteiger partial charge in [0.2, 0.25) is 5.82 Å². The van der Waals surface area contributed by atoms with Gasteiger partial charge in [0.15, 0.2) is 0 Å². The van der Waals surface area contributed by atoms with Crippen molar-refractivity contribution in [2.75, 3.05) is 13.2 Å². The number of esters is 1. The molecule has 0 saturated carbocycles. The Morgan fingerprint density at radius 1 is 0.682 bits per heavy atom. The summed E-state index contributed by atoms with van der Waals surface area (Å²) in [5, 5.41) is 4.13. The van der Waals surface area contributed by atoms with Gasteiger partial charge in [0.05, 0.1) is 18.8 Å². The maximum atomic E-state index is 12.6. The number of unbranched alkanes of at least 4 members (excludes halogenated alkanes) is 9. The highest BCUT2D eigenvalue weighted by Gasteiger charge is 2.13. The second-order valence-electron chi connectivity index (χ2n) is 11.6. The Morgan fingerprint density at radius 2 is 1.23 bits per heavy atom. The van der Waals surface area contributed by atoms with Crippen molar-refractivity contribution in [3.8, 4) is 40.1 Å². The molecular formula is C37H46N2O5. The standard InChI is InChI=1S/C37H46N2O5/c1-4-5-6-7-8-9-10-11-12-13-26-41-32-20-16-30(17-21-32)36-38-35(39-44-36)29-14-24-34(25-15-29)43-37(40)31-18-22-33(23-19-31)42-27-28(2)3/h14-25,28H,4-13,26-27H2,1-3H3. The highest BCUT2D eigenvalue weighted by Crippen LogP contribution is 2.26. The first-order valence-electron chi connectivity index (χ1n) is 16.1. The van der Waals surface area contributed by atoms with Crippen LogP contribution in [0.3, 0.4) is 0 Å². The van der Waals surface area contributed by atoms with Gasteiger partial charge in [0.25, 0.3) is 5.89 Å². The molecule has 0 aliphatic rings. The molecule has 0 N–H and O–H groups in total. The number of rotatable bonds is 19. The predicted molar refractivity (Wildman–Crippen MR) is 174 cm³/mol. The molecule has 4 rings (SSSR count). The molecule has 0 radical (unpaired) electrons. The quantitative estimate of drug-likeness (QED) is 0.0603. The molecule has 44 heavy (non-hydrogen) atoms. The summed E-state index contributed by atoms with van der Waals surface area (Å²) in [6.07, 6.45) is 13.1. The Balaban J connectivity index is 1.19. The molecule has 234 valence electrons. The summed E-state index contributed by atoms with van der Waals surface area (Å²) in [4.78, 5) is 17.1. The molecule has 0 unspecified atom stereocenters. The van der Waals surface area contributed by atoms with Gasteiger partial charge in [-0.2, -0.15) is 4.98 Å². The zero-order valence-corrected chi connectivity index (χ0v) is 26.4. The fraction of sp³-hybridized carbons (Fsp3) is 0.432. The molecular weight excluding hydrogens is 552 g/mol. The minimum atomic E-state index is -0.439. The van der Waals surface area contributed by atoms with Crippen molar-refractivity contribution >= 4 is 5.97 Å². The minimum absolute atomic E-state index is 0.427. The van der Waals surface area contributed by atoms with E-state index in [1.54, 1.807) is 48.5 Å². The number of carbonyl (C=O) groups is 1. The number of aromatic nitrogens is 2. The molecule has 0 aliphatic heterocycles. The summed E-state index contributed by atoms with van der Waals surface area (Å²) >= 11 is 0. The van der Waals surface area contributed by atoms with Crippen LogP contribution in [0.15, 0.2) is 77.3 Å². The lowest BCUT2D eigenvalue weighted by Crippen LogP contribution is -2.09. The monoisotopic (exact) mass is 598 g/mol. The Kier molecular flexibility index (Phi) is 13.3. The van der Waals surface area contributed by atoms with Crippen molar-refractivity contribution in [3.63, 3.8) is 0 Å². The normalized spacial score (nSPS) is 11.1. The Labute approximate surface area is 261 Å². The van der Waals surface area contributed by atoms with Gasteiger partial charge >= 0.3 is 5.97 Å². The third kappa shape index (κ3) is 10.9.